The summed E-state index contributed by atoms with van der Waals surface area (Å²) in [7, 11) is 0. The number of rotatable bonds is 4. The van der Waals surface area contributed by atoms with Crippen LogP contribution >= 0.6 is 0 Å². The average molecular weight is 225 g/mol. The van der Waals surface area contributed by atoms with E-state index < -0.39 is 0 Å². The molecule has 88 valence electrons. The maximum Gasteiger partial charge on any atom is 0.222 e. The highest BCUT2D eigenvalue weighted by molar-refractivity contribution is 5.43. The van der Waals surface area contributed by atoms with Crippen LogP contribution in [0.1, 0.15) is 30.9 Å². The summed E-state index contributed by atoms with van der Waals surface area (Å²) >= 11 is 0. The zero-order valence-electron chi connectivity index (χ0n) is 9.04. The minimum Gasteiger partial charge on any atom is -0.368 e. The van der Waals surface area contributed by atoms with Gasteiger partial charge >= 0.3 is 0 Å². The molecule has 1 aliphatic rings. The molecule has 0 atom stereocenters. The van der Waals surface area contributed by atoms with E-state index in [2.05, 4.69) is 15.3 Å². The topological polar surface area (TPSA) is 89.8 Å². The third-order valence-electron chi connectivity index (χ3n) is 2.82. The highest BCUT2D eigenvalue weighted by atomic mass is 19.1. The van der Waals surface area contributed by atoms with E-state index in [1.165, 1.54) is 0 Å². The fourth-order valence-corrected chi connectivity index (χ4v) is 1.74. The van der Waals surface area contributed by atoms with E-state index in [1.54, 1.807) is 0 Å². The summed E-state index contributed by atoms with van der Waals surface area (Å²) in [6, 6.07) is 0. The molecule has 1 aromatic rings. The molecule has 0 unspecified atom stereocenters. The lowest BCUT2D eigenvalue weighted by molar-refractivity contribution is 0.394. The van der Waals surface area contributed by atoms with Crippen molar-refractivity contribution in [3.8, 4) is 0 Å². The van der Waals surface area contributed by atoms with Gasteiger partial charge in [0.15, 0.2) is 11.6 Å². The number of nitrogen functional groups attached to an aromatic ring is 1. The second-order valence-electron chi connectivity index (χ2n) is 3.97. The first-order chi connectivity index (χ1) is 7.72. The van der Waals surface area contributed by atoms with Gasteiger partial charge in [-0.05, 0) is 12.8 Å². The first-order valence-corrected chi connectivity index (χ1v) is 5.49. The maximum atomic E-state index is 14.0. The SMILES string of the molecule is NCCNc1nc(N)nc(C2CCC2)c1F. The van der Waals surface area contributed by atoms with Crippen LogP contribution in [0.3, 0.4) is 0 Å². The Morgan fingerprint density at radius 2 is 2.12 bits per heavy atom. The van der Waals surface area contributed by atoms with Crippen molar-refractivity contribution in [3.63, 3.8) is 0 Å². The van der Waals surface area contributed by atoms with Crippen molar-refractivity contribution >= 4 is 11.8 Å². The van der Waals surface area contributed by atoms with Crippen LogP contribution in [0.5, 0.6) is 0 Å². The van der Waals surface area contributed by atoms with Crippen LogP contribution in [0.15, 0.2) is 0 Å². The molecule has 1 saturated carbocycles. The Balaban J connectivity index is 2.26. The molecule has 5 N–H and O–H groups in total. The molecule has 2 rings (SSSR count). The van der Waals surface area contributed by atoms with Crippen molar-refractivity contribution in [2.24, 2.45) is 5.73 Å². The smallest absolute Gasteiger partial charge is 0.222 e. The van der Waals surface area contributed by atoms with Gasteiger partial charge in [-0.2, -0.15) is 4.98 Å². The van der Waals surface area contributed by atoms with Crippen molar-refractivity contribution in [1.29, 1.82) is 0 Å². The summed E-state index contributed by atoms with van der Waals surface area (Å²) in [6.45, 7) is 0.888. The van der Waals surface area contributed by atoms with E-state index in [-0.39, 0.29) is 23.5 Å². The predicted octanol–water partition coefficient (Wildman–Crippen LogP) is 0.836. The third kappa shape index (κ3) is 2.06. The molecular weight excluding hydrogens is 209 g/mol. The number of nitrogens with two attached hydrogens (primary N) is 2. The Kier molecular flexibility index (Phi) is 3.19. The van der Waals surface area contributed by atoms with Gasteiger partial charge < -0.3 is 16.8 Å². The van der Waals surface area contributed by atoms with E-state index in [9.17, 15) is 4.39 Å². The summed E-state index contributed by atoms with van der Waals surface area (Å²) in [6.07, 6.45) is 3.08. The van der Waals surface area contributed by atoms with Gasteiger partial charge in [-0.15, -0.1) is 0 Å². The quantitative estimate of drug-likeness (QED) is 0.706. The van der Waals surface area contributed by atoms with Crippen molar-refractivity contribution in [2.75, 3.05) is 24.1 Å². The van der Waals surface area contributed by atoms with Gasteiger partial charge in [-0.3, -0.25) is 0 Å². The average Bonchev–Trinajstić information content (AvgIpc) is 2.18. The number of halogens is 1. The van der Waals surface area contributed by atoms with Gasteiger partial charge in [0.05, 0.1) is 5.69 Å². The van der Waals surface area contributed by atoms with Crippen molar-refractivity contribution in [3.05, 3.63) is 11.5 Å². The lowest BCUT2D eigenvalue weighted by atomic mass is 9.82. The normalized spacial score (nSPS) is 15.9. The van der Waals surface area contributed by atoms with E-state index >= 15 is 0 Å². The Hall–Kier alpha value is -1.43. The van der Waals surface area contributed by atoms with Crippen LogP contribution in [-0.4, -0.2) is 23.1 Å². The second kappa shape index (κ2) is 4.61. The maximum absolute atomic E-state index is 14.0. The molecule has 0 saturated heterocycles. The van der Waals surface area contributed by atoms with Crippen molar-refractivity contribution < 1.29 is 4.39 Å². The molecule has 0 spiro atoms. The zero-order valence-corrected chi connectivity index (χ0v) is 9.04. The Bertz CT molecular complexity index is 378. The van der Waals surface area contributed by atoms with Gasteiger partial charge in [0.1, 0.15) is 0 Å². The molecule has 1 aliphatic carbocycles. The Labute approximate surface area is 93.4 Å². The molecule has 1 aromatic heterocycles. The number of nitrogens with one attached hydrogen (secondary N) is 1. The van der Waals surface area contributed by atoms with Crippen LogP contribution in [0.25, 0.3) is 0 Å². The van der Waals surface area contributed by atoms with Gasteiger partial charge in [0, 0.05) is 19.0 Å². The molecule has 1 fully saturated rings. The second-order valence-corrected chi connectivity index (χ2v) is 3.97. The zero-order chi connectivity index (χ0) is 11.5. The van der Waals surface area contributed by atoms with Crippen molar-refractivity contribution in [1.82, 2.24) is 9.97 Å². The number of aromatic nitrogens is 2. The highest BCUT2D eigenvalue weighted by Gasteiger charge is 2.26. The monoisotopic (exact) mass is 225 g/mol. The summed E-state index contributed by atoms with van der Waals surface area (Å²) in [5.74, 6) is 0.0961. The van der Waals surface area contributed by atoms with Gasteiger partial charge in [0.2, 0.25) is 5.95 Å². The lowest BCUT2D eigenvalue weighted by Gasteiger charge is -2.25. The molecule has 0 aliphatic heterocycles. The van der Waals surface area contributed by atoms with Crippen LogP contribution in [-0.2, 0) is 0 Å². The van der Waals surface area contributed by atoms with Crippen LogP contribution in [0.4, 0.5) is 16.2 Å². The Morgan fingerprint density at radius 3 is 2.69 bits per heavy atom. The molecule has 1 heterocycles. The van der Waals surface area contributed by atoms with E-state index in [0.29, 0.717) is 18.8 Å². The molecule has 6 heteroatoms. The standard InChI is InChI=1S/C10H16FN5/c11-7-8(6-2-1-3-6)15-10(13)16-9(7)14-5-4-12/h6H,1-5,12H2,(H3,13,14,15,16). The highest BCUT2D eigenvalue weighted by Crippen LogP contribution is 2.37. The number of hydrogen-bond acceptors (Lipinski definition) is 5. The molecule has 16 heavy (non-hydrogen) atoms. The molecule has 5 nitrogen and oxygen atoms in total. The van der Waals surface area contributed by atoms with E-state index in [4.69, 9.17) is 11.5 Å². The minimum absolute atomic E-state index is 0.114. The molecule has 0 aromatic carbocycles. The summed E-state index contributed by atoms with van der Waals surface area (Å²) in [5, 5.41) is 2.82. The third-order valence-corrected chi connectivity index (χ3v) is 2.82. The molecular formula is C10H16FN5. The number of hydrogen-bond donors (Lipinski definition) is 3. The first kappa shape index (κ1) is 11.1. The van der Waals surface area contributed by atoms with E-state index in [0.717, 1.165) is 19.3 Å². The largest absolute Gasteiger partial charge is 0.368 e. The lowest BCUT2D eigenvalue weighted by Crippen LogP contribution is -2.19. The summed E-state index contributed by atoms with van der Waals surface area (Å²) < 4.78 is 14.0. The fourth-order valence-electron chi connectivity index (χ4n) is 1.74. The Morgan fingerprint density at radius 1 is 1.38 bits per heavy atom. The summed E-state index contributed by atoms with van der Waals surface area (Å²) in [4.78, 5) is 7.82. The molecule has 0 radical (unpaired) electrons. The van der Waals surface area contributed by atoms with Gasteiger partial charge in [-0.1, -0.05) is 6.42 Å². The first-order valence-electron chi connectivity index (χ1n) is 5.49. The summed E-state index contributed by atoms with van der Waals surface area (Å²) in [5.41, 5.74) is 11.3. The molecule has 0 amide bonds. The number of anilines is 2. The van der Waals surface area contributed by atoms with Gasteiger partial charge in [-0.25, -0.2) is 9.37 Å². The van der Waals surface area contributed by atoms with Crippen LogP contribution < -0.4 is 16.8 Å². The van der Waals surface area contributed by atoms with E-state index in [1.807, 2.05) is 0 Å². The number of nitrogens with zero attached hydrogens (tertiary/aromatic N) is 2. The van der Waals surface area contributed by atoms with Gasteiger partial charge in [0.25, 0.3) is 0 Å². The molecule has 0 bridgehead atoms. The van der Waals surface area contributed by atoms with Crippen molar-refractivity contribution in [2.45, 2.75) is 25.2 Å². The minimum atomic E-state index is -0.382. The van der Waals surface area contributed by atoms with Crippen LogP contribution in [0.2, 0.25) is 0 Å². The van der Waals surface area contributed by atoms with Crippen LogP contribution in [0, 0.1) is 5.82 Å². The fraction of sp³-hybridized carbons (Fsp3) is 0.600. The predicted molar refractivity (Wildman–Crippen MR) is 60.5 cm³/mol.